The molecular formula is C12H11F3N8O. The van der Waals surface area contributed by atoms with Gasteiger partial charge in [0, 0.05) is 13.6 Å². The Morgan fingerprint density at radius 1 is 1.38 bits per heavy atom. The molecule has 1 amide bonds. The molecule has 0 saturated heterocycles. The van der Waals surface area contributed by atoms with Crippen LogP contribution in [-0.4, -0.2) is 40.9 Å². The lowest BCUT2D eigenvalue weighted by molar-refractivity contribution is -0.141. The van der Waals surface area contributed by atoms with Crippen molar-refractivity contribution >= 4 is 22.9 Å². The number of fused-ring (bicyclic) bond motifs is 1. The van der Waals surface area contributed by atoms with Crippen molar-refractivity contribution < 1.29 is 18.0 Å². The number of halogens is 3. The largest absolute Gasteiger partial charge is 0.434 e. The molecule has 3 aromatic heterocycles. The predicted octanol–water partition coefficient (Wildman–Crippen LogP) is 1.25. The Hall–Kier alpha value is -3.05. The maximum absolute atomic E-state index is 13.3. The first-order valence-corrected chi connectivity index (χ1v) is 6.78. The average Bonchev–Trinajstić information content (AvgIpc) is 3.12. The van der Waals surface area contributed by atoms with Crippen molar-refractivity contribution in [1.82, 2.24) is 35.0 Å². The molecule has 0 bridgehead atoms. The number of carbonyl (C=O) groups is 1. The zero-order chi connectivity index (χ0) is 17.5. The molecule has 0 aliphatic heterocycles. The van der Waals surface area contributed by atoms with Gasteiger partial charge in [-0.15, -0.1) is 0 Å². The number of alkyl halides is 3. The highest BCUT2D eigenvalue weighted by molar-refractivity contribution is 6.05. The highest BCUT2D eigenvalue weighted by Crippen LogP contribution is 2.32. The van der Waals surface area contributed by atoms with Crippen molar-refractivity contribution in [2.45, 2.75) is 19.6 Å². The molecule has 0 spiro atoms. The molecule has 1 N–H and O–H groups in total. The van der Waals surface area contributed by atoms with Gasteiger partial charge in [0.25, 0.3) is 5.91 Å². The van der Waals surface area contributed by atoms with Crippen LogP contribution in [-0.2, 0) is 19.8 Å². The van der Waals surface area contributed by atoms with Crippen LogP contribution in [0.5, 0.6) is 0 Å². The Bertz CT molecular complexity index is 913. The Morgan fingerprint density at radius 3 is 2.79 bits per heavy atom. The van der Waals surface area contributed by atoms with E-state index in [0.717, 1.165) is 6.07 Å². The Morgan fingerprint density at radius 2 is 2.12 bits per heavy atom. The van der Waals surface area contributed by atoms with Crippen molar-refractivity contribution in [2.24, 2.45) is 7.05 Å². The van der Waals surface area contributed by atoms with E-state index in [1.165, 1.54) is 22.6 Å². The highest BCUT2D eigenvalue weighted by atomic mass is 19.4. The third kappa shape index (κ3) is 2.66. The van der Waals surface area contributed by atoms with Crippen LogP contribution in [0.25, 0.3) is 11.0 Å². The maximum atomic E-state index is 13.3. The number of aryl methyl sites for hydroxylation is 2. The minimum Gasteiger partial charge on any atom is -0.289 e. The lowest BCUT2D eigenvalue weighted by Gasteiger charge is -2.12. The molecule has 3 rings (SSSR count). The summed E-state index contributed by atoms with van der Waals surface area (Å²) in [7, 11) is 1.54. The van der Waals surface area contributed by atoms with E-state index in [-0.39, 0.29) is 11.5 Å². The van der Waals surface area contributed by atoms with E-state index >= 15 is 0 Å². The molecular weight excluding hydrogens is 329 g/mol. The molecule has 126 valence electrons. The van der Waals surface area contributed by atoms with Crippen LogP contribution in [0.2, 0.25) is 0 Å². The molecule has 0 aliphatic carbocycles. The molecule has 9 nitrogen and oxygen atoms in total. The molecule has 0 unspecified atom stereocenters. The lowest BCUT2D eigenvalue weighted by Crippen LogP contribution is -2.22. The molecule has 0 atom stereocenters. The average molecular weight is 340 g/mol. The van der Waals surface area contributed by atoms with Crippen LogP contribution >= 0.6 is 0 Å². The minimum absolute atomic E-state index is 0.0415. The van der Waals surface area contributed by atoms with Crippen LogP contribution in [0.1, 0.15) is 23.0 Å². The summed E-state index contributed by atoms with van der Waals surface area (Å²) in [5, 5.41) is 16.6. The first-order chi connectivity index (χ1) is 11.3. The van der Waals surface area contributed by atoms with E-state index in [1.807, 2.05) is 0 Å². The number of anilines is 1. The van der Waals surface area contributed by atoms with E-state index in [0.29, 0.717) is 12.1 Å². The molecule has 3 heterocycles. The molecule has 0 aliphatic rings. The number of hydrogen-bond donors (Lipinski definition) is 1. The van der Waals surface area contributed by atoms with Gasteiger partial charge < -0.3 is 0 Å². The number of nitrogens with one attached hydrogen (secondary N) is 1. The number of amides is 1. The molecule has 0 fully saturated rings. The number of carbonyl (C=O) groups excluding carboxylic acids is 1. The van der Waals surface area contributed by atoms with E-state index < -0.39 is 23.3 Å². The van der Waals surface area contributed by atoms with E-state index in [4.69, 9.17) is 0 Å². The van der Waals surface area contributed by atoms with Gasteiger partial charge in [-0.3, -0.25) is 14.8 Å². The molecule has 0 aromatic carbocycles. The second-order valence-electron chi connectivity index (χ2n) is 4.83. The van der Waals surface area contributed by atoms with Crippen molar-refractivity contribution in [3.63, 3.8) is 0 Å². The van der Waals surface area contributed by atoms with E-state index in [2.05, 4.69) is 30.9 Å². The normalized spacial score (nSPS) is 11.9. The van der Waals surface area contributed by atoms with E-state index in [9.17, 15) is 18.0 Å². The van der Waals surface area contributed by atoms with Crippen molar-refractivity contribution in [2.75, 3.05) is 5.32 Å². The molecule has 0 radical (unpaired) electrons. The number of nitrogens with zero attached hydrogens (tertiary/aromatic N) is 7. The summed E-state index contributed by atoms with van der Waals surface area (Å²) in [6.07, 6.45) is -3.60. The monoisotopic (exact) mass is 340 g/mol. The van der Waals surface area contributed by atoms with Gasteiger partial charge >= 0.3 is 6.18 Å². The number of tetrazole rings is 1. The minimum atomic E-state index is -4.80. The third-order valence-electron chi connectivity index (χ3n) is 3.30. The van der Waals surface area contributed by atoms with Gasteiger partial charge in [0.15, 0.2) is 5.69 Å². The molecule has 0 saturated carbocycles. The Kier molecular flexibility index (Phi) is 3.66. The maximum Gasteiger partial charge on any atom is 0.434 e. The molecule has 3 aromatic rings. The van der Waals surface area contributed by atoms with Crippen molar-refractivity contribution in [1.29, 1.82) is 0 Å². The predicted molar refractivity (Wildman–Crippen MR) is 75.0 cm³/mol. The smallest absolute Gasteiger partial charge is 0.289 e. The summed E-state index contributed by atoms with van der Waals surface area (Å²) >= 11 is 0. The van der Waals surface area contributed by atoms with Crippen LogP contribution in [0, 0.1) is 0 Å². The summed E-state index contributed by atoms with van der Waals surface area (Å²) in [5.41, 5.74) is -1.59. The summed E-state index contributed by atoms with van der Waals surface area (Å²) < 4.78 is 42.3. The topological polar surface area (TPSA) is 103 Å². The summed E-state index contributed by atoms with van der Waals surface area (Å²) in [6.45, 7) is 2.06. The van der Waals surface area contributed by atoms with Gasteiger partial charge in [-0.25, -0.2) is 9.67 Å². The summed E-state index contributed by atoms with van der Waals surface area (Å²) in [5.74, 6) is -1.07. The highest BCUT2D eigenvalue weighted by Gasteiger charge is 2.38. The Balaban J connectivity index is 2.09. The molecule has 12 heteroatoms. The number of hydrogen-bond acceptors (Lipinski definition) is 6. The van der Waals surface area contributed by atoms with Crippen molar-refractivity contribution in [3.8, 4) is 0 Å². The second kappa shape index (κ2) is 5.54. The van der Waals surface area contributed by atoms with Gasteiger partial charge in [-0.1, -0.05) is 5.10 Å². The van der Waals surface area contributed by atoms with Crippen molar-refractivity contribution in [3.05, 3.63) is 23.5 Å². The fourth-order valence-electron chi connectivity index (χ4n) is 2.14. The summed E-state index contributed by atoms with van der Waals surface area (Å²) in [4.78, 5) is 15.9. The fourth-order valence-corrected chi connectivity index (χ4v) is 2.14. The van der Waals surface area contributed by atoms with E-state index in [1.54, 1.807) is 6.92 Å². The zero-order valence-electron chi connectivity index (χ0n) is 12.5. The first-order valence-electron chi connectivity index (χ1n) is 6.78. The summed E-state index contributed by atoms with van der Waals surface area (Å²) in [6, 6.07) is 1.09. The van der Waals surface area contributed by atoms with Gasteiger partial charge in [0.05, 0.1) is 17.3 Å². The number of pyridine rings is 1. The quantitative estimate of drug-likeness (QED) is 0.769. The zero-order valence-corrected chi connectivity index (χ0v) is 12.5. The Labute approximate surface area is 132 Å². The second-order valence-corrected chi connectivity index (χ2v) is 4.83. The van der Waals surface area contributed by atoms with Crippen LogP contribution in [0.3, 0.4) is 0 Å². The number of aromatic nitrogens is 7. The number of rotatable bonds is 3. The van der Waals surface area contributed by atoms with Gasteiger partial charge in [0.1, 0.15) is 5.52 Å². The van der Waals surface area contributed by atoms with Gasteiger partial charge in [-0.05, 0) is 23.4 Å². The van der Waals surface area contributed by atoms with Crippen LogP contribution in [0.4, 0.5) is 19.1 Å². The standard InChI is InChI=1S/C12H11F3N8O/c1-3-23-11(19-20-21-23)18-10(24)6-4-8-7(5-16-22(8)2)17-9(6)12(13,14)15/h4-5H,3H2,1-2H3,(H,18,19,21,24). The van der Waals surface area contributed by atoms with Crippen LogP contribution < -0.4 is 5.32 Å². The van der Waals surface area contributed by atoms with Gasteiger partial charge in [0.2, 0.25) is 5.95 Å². The molecule has 24 heavy (non-hydrogen) atoms. The lowest BCUT2D eigenvalue weighted by atomic mass is 10.1. The SMILES string of the molecule is CCn1nnnc1NC(=O)c1cc2c(cnn2C)nc1C(F)(F)F. The van der Waals surface area contributed by atoms with Gasteiger partial charge in [-0.2, -0.15) is 18.3 Å². The first kappa shape index (κ1) is 15.8. The third-order valence-corrected chi connectivity index (χ3v) is 3.30. The van der Waals surface area contributed by atoms with Crippen LogP contribution in [0.15, 0.2) is 12.3 Å². The fraction of sp³-hybridized carbons (Fsp3) is 0.333.